The van der Waals surface area contributed by atoms with Crippen LogP contribution in [0.5, 0.6) is 0 Å². The van der Waals surface area contributed by atoms with Gasteiger partial charge in [-0.2, -0.15) is 0 Å². The lowest BCUT2D eigenvalue weighted by molar-refractivity contribution is 0.553. The second-order valence-corrected chi connectivity index (χ2v) is 7.90. The van der Waals surface area contributed by atoms with Crippen molar-refractivity contribution >= 4 is 33.5 Å². The number of hydrogen-bond acceptors (Lipinski definition) is 3. The first-order chi connectivity index (χ1) is 12.7. The molecule has 0 aliphatic heterocycles. The van der Waals surface area contributed by atoms with Crippen LogP contribution in [0.3, 0.4) is 0 Å². The Morgan fingerprint density at radius 2 is 1.85 bits per heavy atom. The molecule has 3 nitrogen and oxygen atoms in total. The minimum absolute atomic E-state index is 0.0275. The normalized spacial score (nSPS) is 14.4. The number of benzene rings is 2. The molecule has 0 saturated heterocycles. The highest BCUT2D eigenvalue weighted by atomic mass is 32.2. The number of thioether (sulfide) groups is 1. The van der Waals surface area contributed by atoms with Crippen LogP contribution in [-0.4, -0.2) is 10.8 Å². The van der Waals surface area contributed by atoms with Crippen LogP contribution in [0.15, 0.2) is 62.8 Å². The molecular weight excluding hydrogens is 342 g/mol. The average molecular weight is 361 g/mol. The standard InChI is InChI=1S/C22H19NO2S/c1-23-12-19(16-5-3-4-6-17(16)22(23)24)18-11-15(26-2)9-14-10-20(13-7-8-13)25-21(14)18/h3-6,9-13H,7-8H2,1-2H3. The Morgan fingerprint density at radius 3 is 2.58 bits per heavy atom. The summed E-state index contributed by atoms with van der Waals surface area (Å²) in [7, 11) is 1.81. The van der Waals surface area contributed by atoms with Gasteiger partial charge < -0.3 is 8.98 Å². The Labute approximate surface area is 155 Å². The lowest BCUT2D eigenvalue weighted by atomic mass is 9.99. The number of nitrogens with zero attached hydrogens (tertiary/aromatic N) is 1. The summed E-state index contributed by atoms with van der Waals surface area (Å²) < 4.78 is 7.97. The van der Waals surface area contributed by atoms with Crippen LogP contribution in [0.25, 0.3) is 32.9 Å². The van der Waals surface area contributed by atoms with Crippen molar-refractivity contribution in [1.82, 2.24) is 4.57 Å². The summed E-state index contributed by atoms with van der Waals surface area (Å²) in [5.41, 5.74) is 3.05. The fourth-order valence-electron chi connectivity index (χ4n) is 3.66. The minimum atomic E-state index is 0.0275. The maximum Gasteiger partial charge on any atom is 0.258 e. The number of fused-ring (bicyclic) bond motifs is 2. The van der Waals surface area contributed by atoms with E-state index < -0.39 is 0 Å². The van der Waals surface area contributed by atoms with Crippen LogP contribution in [0.2, 0.25) is 0 Å². The van der Waals surface area contributed by atoms with Gasteiger partial charge in [-0.05, 0) is 48.7 Å². The Hall–Kier alpha value is -2.46. The number of pyridine rings is 1. The van der Waals surface area contributed by atoms with Gasteiger partial charge >= 0.3 is 0 Å². The fraction of sp³-hybridized carbons (Fsp3) is 0.227. The van der Waals surface area contributed by atoms with E-state index in [0.717, 1.165) is 38.6 Å². The number of aromatic nitrogens is 1. The van der Waals surface area contributed by atoms with E-state index in [2.05, 4.69) is 24.5 Å². The highest BCUT2D eigenvalue weighted by Gasteiger charge is 2.28. The summed E-state index contributed by atoms with van der Waals surface area (Å²) in [6.45, 7) is 0. The lowest BCUT2D eigenvalue weighted by Gasteiger charge is -2.11. The van der Waals surface area contributed by atoms with Gasteiger partial charge in [0.1, 0.15) is 11.3 Å². The first-order valence-corrected chi connectivity index (χ1v) is 10.1. The van der Waals surface area contributed by atoms with Gasteiger partial charge in [-0.1, -0.05) is 18.2 Å². The third kappa shape index (κ3) is 2.40. The molecule has 2 aromatic heterocycles. The fourth-order valence-corrected chi connectivity index (χ4v) is 4.14. The molecule has 0 spiro atoms. The summed E-state index contributed by atoms with van der Waals surface area (Å²) in [6, 6.07) is 14.4. The minimum Gasteiger partial charge on any atom is -0.460 e. The number of rotatable bonds is 3. The van der Waals surface area contributed by atoms with Crippen molar-refractivity contribution in [1.29, 1.82) is 0 Å². The summed E-state index contributed by atoms with van der Waals surface area (Å²) >= 11 is 1.73. The van der Waals surface area contributed by atoms with E-state index in [1.807, 2.05) is 37.5 Å². The Balaban J connectivity index is 1.88. The molecule has 1 aliphatic rings. The zero-order valence-electron chi connectivity index (χ0n) is 14.8. The third-order valence-electron chi connectivity index (χ3n) is 5.21. The summed E-state index contributed by atoms with van der Waals surface area (Å²) in [5.74, 6) is 1.67. The largest absolute Gasteiger partial charge is 0.460 e. The molecule has 0 atom stereocenters. The molecule has 2 heterocycles. The molecule has 130 valence electrons. The van der Waals surface area contributed by atoms with E-state index in [1.165, 1.54) is 17.7 Å². The van der Waals surface area contributed by atoms with E-state index in [4.69, 9.17) is 4.42 Å². The van der Waals surface area contributed by atoms with E-state index >= 15 is 0 Å². The highest BCUT2D eigenvalue weighted by Crippen LogP contribution is 2.45. The van der Waals surface area contributed by atoms with E-state index in [0.29, 0.717) is 5.92 Å². The molecule has 0 N–H and O–H groups in total. The van der Waals surface area contributed by atoms with Gasteiger partial charge in [-0.25, -0.2) is 0 Å². The van der Waals surface area contributed by atoms with Crippen LogP contribution < -0.4 is 5.56 Å². The Kier molecular flexibility index (Phi) is 3.50. The van der Waals surface area contributed by atoms with Gasteiger partial charge in [0.25, 0.3) is 5.56 Å². The van der Waals surface area contributed by atoms with Crippen molar-refractivity contribution in [3.8, 4) is 11.1 Å². The van der Waals surface area contributed by atoms with Crippen LogP contribution in [0, 0.1) is 0 Å². The van der Waals surface area contributed by atoms with Gasteiger partial charge in [0.15, 0.2) is 0 Å². The molecule has 4 heteroatoms. The second-order valence-electron chi connectivity index (χ2n) is 7.02. The average Bonchev–Trinajstić information content (AvgIpc) is 3.43. The van der Waals surface area contributed by atoms with E-state index in [9.17, 15) is 4.79 Å². The van der Waals surface area contributed by atoms with Crippen molar-refractivity contribution in [2.45, 2.75) is 23.7 Å². The maximum atomic E-state index is 12.5. The first kappa shape index (κ1) is 15.8. The molecule has 1 fully saturated rings. The summed E-state index contributed by atoms with van der Waals surface area (Å²) in [5, 5.41) is 2.86. The molecule has 4 aromatic rings. The Bertz CT molecular complexity index is 1210. The molecule has 0 radical (unpaired) electrons. The van der Waals surface area contributed by atoms with E-state index in [1.54, 1.807) is 16.3 Å². The molecular formula is C22H19NO2S. The van der Waals surface area contributed by atoms with Crippen LogP contribution in [0.4, 0.5) is 0 Å². The predicted molar refractivity (Wildman–Crippen MR) is 108 cm³/mol. The van der Waals surface area contributed by atoms with Crippen molar-refractivity contribution in [2.75, 3.05) is 6.26 Å². The predicted octanol–water partition coefficient (Wildman–Crippen LogP) is 5.55. The molecule has 2 aromatic carbocycles. The molecule has 1 aliphatic carbocycles. The van der Waals surface area contributed by atoms with Gasteiger partial charge in [-0.3, -0.25) is 4.79 Å². The van der Waals surface area contributed by atoms with Crippen LogP contribution >= 0.6 is 11.8 Å². The van der Waals surface area contributed by atoms with Crippen LogP contribution in [0.1, 0.15) is 24.5 Å². The van der Waals surface area contributed by atoms with Crippen molar-refractivity contribution in [3.63, 3.8) is 0 Å². The summed E-state index contributed by atoms with van der Waals surface area (Å²) in [4.78, 5) is 13.7. The topological polar surface area (TPSA) is 35.1 Å². The zero-order valence-corrected chi connectivity index (χ0v) is 15.6. The second kappa shape index (κ2) is 5.78. The SMILES string of the molecule is CSc1cc(-c2cn(C)c(=O)c3ccccc23)c2oc(C3CC3)cc2c1. The van der Waals surface area contributed by atoms with Gasteiger partial charge in [-0.15, -0.1) is 11.8 Å². The smallest absolute Gasteiger partial charge is 0.258 e. The van der Waals surface area contributed by atoms with Crippen LogP contribution in [-0.2, 0) is 7.05 Å². The quantitative estimate of drug-likeness (QED) is 0.449. The molecule has 1 saturated carbocycles. The third-order valence-corrected chi connectivity index (χ3v) is 5.91. The van der Waals surface area contributed by atoms with E-state index in [-0.39, 0.29) is 5.56 Å². The first-order valence-electron chi connectivity index (χ1n) is 8.86. The van der Waals surface area contributed by atoms with Gasteiger partial charge in [0.05, 0.1) is 0 Å². The molecule has 0 unspecified atom stereocenters. The zero-order chi connectivity index (χ0) is 17.8. The number of hydrogen-bond donors (Lipinski definition) is 0. The number of aryl methyl sites for hydroxylation is 1. The molecule has 5 rings (SSSR count). The van der Waals surface area contributed by atoms with Crippen molar-refractivity contribution < 1.29 is 4.42 Å². The van der Waals surface area contributed by atoms with Crippen molar-refractivity contribution in [3.05, 3.63) is 64.8 Å². The monoisotopic (exact) mass is 361 g/mol. The van der Waals surface area contributed by atoms with Crippen molar-refractivity contribution in [2.24, 2.45) is 7.05 Å². The highest BCUT2D eigenvalue weighted by molar-refractivity contribution is 7.98. The maximum absolute atomic E-state index is 12.5. The van der Waals surface area contributed by atoms with Gasteiger partial charge in [0.2, 0.25) is 0 Å². The molecule has 0 bridgehead atoms. The number of furan rings is 1. The summed E-state index contributed by atoms with van der Waals surface area (Å²) in [6.07, 6.45) is 6.45. The molecule has 26 heavy (non-hydrogen) atoms. The Morgan fingerprint density at radius 1 is 1.08 bits per heavy atom. The lowest BCUT2D eigenvalue weighted by Crippen LogP contribution is -2.16. The molecule has 0 amide bonds. The van der Waals surface area contributed by atoms with Gasteiger partial charge in [0, 0.05) is 46.0 Å².